The van der Waals surface area contributed by atoms with E-state index in [0.29, 0.717) is 0 Å². The number of fused-ring (bicyclic) bond motifs is 1. The van der Waals surface area contributed by atoms with Gasteiger partial charge in [0.15, 0.2) is 0 Å². The third-order valence-electron chi connectivity index (χ3n) is 1.46. The molecule has 0 bridgehead atoms. The number of benzene rings is 1. The minimum atomic E-state index is 1.21. The molecule has 0 aliphatic carbocycles. The molecule has 0 aliphatic rings. The molecule has 2 aromatic rings. The van der Waals surface area contributed by atoms with E-state index in [1.165, 1.54) is 32.0 Å². The molecule has 0 aliphatic heterocycles. The summed E-state index contributed by atoms with van der Waals surface area (Å²) in [6.45, 7) is 0. The molecule has 1 aromatic heterocycles. The number of rotatable bonds is 0. The van der Waals surface area contributed by atoms with Crippen LogP contribution in [0.1, 0.15) is 0 Å². The lowest BCUT2D eigenvalue weighted by atomic mass is 10.3. The van der Waals surface area contributed by atoms with Gasteiger partial charge in [-0.15, -0.1) is 0 Å². The number of aromatic nitrogens is 1. The molecule has 2 rings (SSSR count). The van der Waals surface area contributed by atoms with Crippen LogP contribution in [-0.4, -0.2) is 26.1 Å². The maximum atomic E-state index is 4.50. The van der Waals surface area contributed by atoms with Crippen molar-refractivity contribution < 1.29 is 0 Å². The molecule has 0 radical (unpaired) electrons. The minimum absolute atomic E-state index is 1.21. The Hall–Kier alpha value is -1.36. The van der Waals surface area contributed by atoms with Gasteiger partial charge in [0.1, 0.15) is 0 Å². The van der Waals surface area contributed by atoms with Gasteiger partial charge in [0.25, 0.3) is 0 Å². The molecule has 86 valence electrons. The van der Waals surface area contributed by atoms with Gasteiger partial charge in [0.2, 0.25) is 0 Å². The van der Waals surface area contributed by atoms with Crippen molar-refractivity contribution in [2.75, 3.05) is 21.1 Å². The summed E-state index contributed by atoms with van der Waals surface area (Å²) in [6.07, 6.45) is 1.95. The molecule has 0 unspecified atom stereocenters. The number of nitrogens with one attached hydrogen (secondary N) is 1. The molecule has 0 spiro atoms. The Morgan fingerprint density at radius 1 is 0.800 bits per heavy atom. The molecule has 0 fully saturated rings. The number of para-hydroxylation sites is 1. The summed E-state index contributed by atoms with van der Waals surface area (Å²) in [5, 5.41) is 1.28. The van der Waals surface area contributed by atoms with Crippen molar-refractivity contribution in [2.45, 2.75) is 0 Å². The lowest BCUT2D eigenvalue weighted by Gasteiger charge is -1.83. The highest BCUT2D eigenvalue weighted by Gasteiger charge is 1.86. The summed E-state index contributed by atoms with van der Waals surface area (Å²) in [5.41, 5.74) is 14.7. The first-order valence-corrected chi connectivity index (χ1v) is 4.72. The number of hydrogen-bond donors (Lipinski definition) is 4. The van der Waals surface area contributed by atoms with Gasteiger partial charge >= 0.3 is 0 Å². The van der Waals surface area contributed by atoms with Crippen LogP contribution < -0.4 is 17.2 Å². The second-order valence-corrected chi connectivity index (χ2v) is 2.06. The van der Waals surface area contributed by atoms with Gasteiger partial charge in [0, 0.05) is 11.7 Å². The standard InChI is InChI=1S/C8H7N.3CH5N/c1-2-4-8-7(3-1)5-6-9-8;3*1-2/h1-6,9H;3*2H2,1H3. The number of hydrogen-bond acceptors (Lipinski definition) is 3. The Morgan fingerprint density at radius 3 is 1.87 bits per heavy atom. The molecule has 1 aromatic carbocycles. The molecule has 7 N–H and O–H groups in total. The highest BCUT2D eigenvalue weighted by atomic mass is 14.7. The zero-order valence-corrected chi connectivity index (χ0v) is 9.70. The third kappa shape index (κ3) is 5.85. The Morgan fingerprint density at radius 2 is 1.33 bits per heavy atom. The molecule has 0 saturated heterocycles. The normalized spacial score (nSPS) is 7.33. The van der Waals surface area contributed by atoms with Crippen LogP contribution in [-0.2, 0) is 0 Å². The smallest absolute Gasteiger partial charge is 0.0453 e. The lowest BCUT2D eigenvalue weighted by molar-refractivity contribution is 1.48. The predicted octanol–water partition coefficient (Wildman–Crippen LogP) is 0.893. The molecule has 0 amide bonds. The van der Waals surface area contributed by atoms with Gasteiger partial charge in [-0.1, -0.05) is 18.2 Å². The minimum Gasteiger partial charge on any atom is -0.361 e. The van der Waals surface area contributed by atoms with E-state index in [-0.39, 0.29) is 0 Å². The molecule has 0 atom stereocenters. The van der Waals surface area contributed by atoms with Gasteiger partial charge in [0.05, 0.1) is 0 Å². The van der Waals surface area contributed by atoms with Crippen LogP contribution in [0, 0.1) is 0 Å². The highest BCUT2D eigenvalue weighted by Crippen LogP contribution is 2.09. The topological polar surface area (TPSA) is 93.8 Å². The Balaban J connectivity index is 0. The third-order valence-corrected chi connectivity index (χ3v) is 1.46. The summed E-state index contributed by atoms with van der Waals surface area (Å²) in [6, 6.07) is 10.3. The fourth-order valence-electron chi connectivity index (χ4n) is 0.995. The summed E-state index contributed by atoms with van der Waals surface area (Å²) in [5.74, 6) is 0. The molecular weight excluding hydrogens is 188 g/mol. The van der Waals surface area contributed by atoms with Gasteiger partial charge in [-0.2, -0.15) is 0 Å². The largest absolute Gasteiger partial charge is 0.361 e. The van der Waals surface area contributed by atoms with E-state index >= 15 is 0 Å². The summed E-state index contributed by atoms with van der Waals surface area (Å²) >= 11 is 0. The first kappa shape index (κ1) is 16.1. The van der Waals surface area contributed by atoms with Crippen molar-refractivity contribution in [2.24, 2.45) is 17.2 Å². The average molecular weight is 210 g/mol. The monoisotopic (exact) mass is 210 g/mol. The zero-order chi connectivity index (χ0) is 12.1. The molecule has 0 saturated carbocycles. The Kier molecular flexibility index (Phi) is 13.6. The first-order valence-electron chi connectivity index (χ1n) is 4.72. The van der Waals surface area contributed by atoms with E-state index in [4.69, 9.17) is 0 Å². The van der Waals surface area contributed by atoms with Gasteiger partial charge in [-0.25, -0.2) is 0 Å². The fourth-order valence-corrected chi connectivity index (χ4v) is 0.995. The van der Waals surface area contributed by atoms with E-state index < -0.39 is 0 Å². The van der Waals surface area contributed by atoms with Crippen molar-refractivity contribution in [3.8, 4) is 0 Å². The highest BCUT2D eigenvalue weighted by molar-refractivity contribution is 5.78. The van der Waals surface area contributed by atoms with Crippen LogP contribution in [0.25, 0.3) is 10.9 Å². The number of aromatic amines is 1. The molecular formula is C11H22N4. The van der Waals surface area contributed by atoms with Gasteiger partial charge in [-0.05, 0) is 38.7 Å². The van der Waals surface area contributed by atoms with E-state index in [9.17, 15) is 0 Å². The maximum absolute atomic E-state index is 4.50. The van der Waals surface area contributed by atoms with Gasteiger partial charge in [-0.3, -0.25) is 0 Å². The van der Waals surface area contributed by atoms with Crippen molar-refractivity contribution in [1.29, 1.82) is 0 Å². The van der Waals surface area contributed by atoms with Crippen LogP contribution in [0.4, 0.5) is 0 Å². The second kappa shape index (κ2) is 12.6. The van der Waals surface area contributed by atoms with E-state index in [1.807, 2.05) is 18.3 Å². The fraction of sp³-hybridized carbons (Fsp3) is 0.273. The van der Waals surface area contributed by atoms with Crippen molar-refractivity contribution in [1.82, 2.24) is 4.98 Å². The predicted molar refractivity (Wildman–Crippen MR) is 68.6 cm³/mol. The number of nitrogens with two attached hydrogens (primary N) is 3. The molecule has 1 heterocycles. The Bertz CT molecular complexity index is 287. The molecule has 4 heteroatoms. The summed E-state index contributed by atoms with van der Waals surface area (Å²) < 4.78 is 0. The van der Waals surface area contributed by atoms with E-state index in [2.05, 4.69) is 40.4 Å². The van der Waals surface area contributed by atoms with E-state index in [1.54, 1.807) is 0 Å². The van der Waals surface area contributed by atoms with Crippen molar-refractivity contribution in [3.05, 3.63) is 36.5 Å². The summed E-state index contributed by atoms with van der Waals surface area (Å²) in [7, 11) is 4.50. The average Bonchev–Trinajstić information content (AvgIpc) is 2.85. The van der Waals surface area contributed by atoms with Crippen LogP contribution in [0.15, 0.2) is 36.5 Å². The Labute approximate surface area is 91.5 Å². The van der Waals surface area contributed by atoms with Crippen molar-refractivity contribution >= 4 is 10.9 Å². The maximum Gasteiger partial charge on any atom is 0.0453 e. The van der Waals surface area contributed by atoms with Crippen LogP contribution in [0.2, 0.25) is 0 Å². The second-order valence-electron chi connectivity index (χ2n) is 2.06. The zero-order valence-electron chi connectivity index (χ0n) is 9.70. The van der Waals surface area contributed by atoms with Crippen LogP contribution in [0.5, 0.6) is 0 Å². The SMILES string of the molecule is CN.CN.CN.c1ccc2[nH]ccc2c1. The molecule has 15 heavy (non-hydrogen) atoms. The first-order chi connectivity index (χ1) is 7.47. The molecule has 4 nitrogen and oxygen atoms in total. The summed E-state index contributed by atoms with van der Waals surface area (Å²) in [4.78, 5) is 3.12. The van der Waals surface area contributed by atoms with Crippen LogP contribution >= 0.6 is 0 Å². The van der Waals surface area contributed by atoms with Gasteiger partial charge < -0.3 is 22.2 Å². The van der Waals surface area contributed by atoms with Crippen LogP contribution in [0.3, 0.4) is 0 Å². The van der Waals surface area contributed by atoms with Crippen molar-refractivity contribution in [3.63, 3.8) is 0 Å². The van der Waals surface area contributed by atoms with E-state index in [0.717, 1.165) is 0 Å². The lowest BCUT2D eigenvalue weighted by Crippen LogP contribution is -1.69. The number of H-pyrrole nitrogens is 1. The quantitative estimate of drug-likeness (QED) is 0.520.